The van der Waals surface area contributed by atoms with E-state index in [2.05, 4.69) is 44.7 Å². The lowest BCUT2D eigenvalue weighted by Gasteiger charge is -2.23. The van der Waals surface area contributed by atoms with E-state index >= 15 is 0 Å². The Balaban J connectivity index is 1.71. The molecule has 3 heterocycles. The number of rotatable bonds is 6. The highest BCUT2D eigenvalue weighted by Crippen LogP contribution is 2.32. The average molecular weight is 299 g/mol. The summed E-state index contributed by atoms with van der Waals surface area (Å²) in [6, 6.07) is 2.46. The molecule has 1 aliphatic heterocycles. The van der Waals surface area contributed by atoms with Crippen molar-refractivity contribution in [2.24, 2.45) is 0 Å². The molecule has 0 aromatic carbocycles. The largest absolute Gasteiger partial charge is 0.290 e. The number of likely N-dealkylation sites (tertiary alicyclic amines) is 1. The molecule has 0 saturated carbocycles. The smallest absolute Gasteiger partial charge is 0.115 e. The number of hydrogen-bond acceptors (Lipinski definition) is 4. The molecule has 1 saturated heterocycles. The van der Waals surface area contributed by atoms with Gasteiger partial charge in [-0.3, -0.25) is 9.58 Å². The van der Waals surface area contributed by atoms with Crippen molar-refractivity contribution < 1.29 is 0 Å². The van der Waals surface area contributed by atoms with Crippen molar-refractivity contribution >= 4 is 0 Å². The Morgan fingerprint density at radius 2 is 2.27 bits per heavy atom. The molecular weight excluding hydrogens is 274 g/mol. The predicted octanol–water partition coefficient (Wildman–Crippen LogP) is 3.12. The summed E-state index contributed by atoms with van der Waals surface area (Å²) in [5.74, 6) is 0. The lowest BCUT2D eigenvalue weighted by molar-refractivity contribution is 0.243. The fourth-order valence-corrected chi connectivity index (χ4v) is 3.22. The minimum atomic E-state index is 0.418. The Bertz CT molecular complexity index is 592. The van der Waals surface area contributed by atoms with Crippen LogP contribution in [0.15, 0.2) is 24.8 Å². The number of aryl methyl sites for hydroxylation is 2. The van der Waals surface area contributed by atoms with Crippen LogP contribution in [-0.4, -0.2) is 31.2 Å². The second kappa shape index (κ2) is 7.01. The minimum Gasteiger partial charge on any atom is -0.290 e. The molecule has 0 aliphatic carbocycles. The summed E-state index contributed by atoms with van der Waals surface area (Å²) in [5.41, 5.74) is 3.64. The minimum absolute atomic E-state index is 0.418. The van der Waals surface area contributed by atoms with Crippen molar-refractivity contribution in [3.05, 3.63) is 41.7 Å². The zero-order chi connectivity index (χ0) is 15.4. The summed E-state index contributed by atoms with van der Waals surface area (Å²) in [4.78, 5) is 11.0. The molecule has 0 bridgehead atoms. The molecule has 2 aromatic rings. The Kier molecular flexibility index (Phi) is 4.83. The van der Waals surface area contributed by atoms with Crippen LogP contribution in [0.1, 0.15) is 55.6 Å². The van der Waals surface area contributed by atoms with Crippen LogP contribution in [0.5, 0.6) is 0 Å². The number of nitrogens with zero attached hydrogens (tertiary/aromatic N) is 5. The maximum absolute atomic E-state index is 4.65. The van der Waals surface area contributed by atoms with E-state index in [-0.39, 0.29) is 0 Å². The van der Waals surface area contributed by atoms with Gasteiger partial charge in [-0.05, 0) is 38.8 Å². The number of aromatic nitrogens is 4. The second-order valence-corrected chi connectivity index (χ2v) is 6.12. The molecule has 22 heavy (non-hydrogen) atoms. The van der Waals surface area contributed by atoms with Gasteiger partial charge in [0.15, 0.2) is 0 Å². The maximum atomic E-state index is 4.65. The van der Waals surface area contributed by atoms with E-state index in [1.807, 2.05) is 12.3 Å². The molecule has 1 unspecified atom stereocenters. The summed E-state index contributed by atoms with van der Waals surface area (Å²) in [7, 11) is 0. The molecule has 3 rings (SSSR count). The zero-order valence-electron chi connectivity index (χ0n) is 13.6. The topological polar surface area (TPSA) is 46.8 Å². The lowest BCUT2D eigenvalue weighted by atomic mass is 10.1. The van der Waals surface area contributed by atoms with Gasteiger partial charge in [0.1, 0.15) is 6.33 Å². The Morgan fingerprint density at radius 3 is 3.05 bits per heavy atom. The molecule has 0 radical (unpaired) electrons. The molecule has 0 N–H and O–H groups in total. The van der Waals surface area contributed by atoms with E-state index < -0.39 is 0 Å². The second-order valence-electron chi connectivity index (χ2n) is 6.12. The van der Waals surface area contributed by atoms with Gasteiger partial charge in [0, 0.05) is 31.0 Å². The van der Waals surface area contributed by atoms with Crippen LogP contribution in [0.3, 0.4) is 0 Å². The maximum Gasteiger partial charge on any atom is 0.115 e. The normalized spacial score (nSPS) is 18.9. The van der Waals surface area contributed by atoms with E-state index in [1.54, 1.807) is 6.33 Å². The fourth-order valence-electron chi connectivity index (χ4n) is 3.22. The van der Waals surface area contributed by atoms with Crippen molar-refractivity contribution in [3.8, 4) is 0 Å². The molecule has 5 heteroatoms. The van der Waals surface area contributed by atoms with Gasteiger partial charge in [0.05, 0.1) is 17.4 Å². The Morgan fingerprint density at radius 1 is 1.36 bits per heavy atom. The molecule has 2 aromatic heterocycles. The van der Waals surface area contributed by atoms with Crippen LogP contribution >= 0.6 is 0 Å². The lowest BCUT2D eigenvalue weighted by Crippen LogP contribution is -2.23. The predicted molar refractivity (Wildman–Crippen MR) is 86.3 cm³/mol. The highest BCUT2D eigenvalue weighted by molar-refractivity contribution is 5.17. The van der Waals surface area contributed by atoms with Gasteiger partial charge >= 0.3 is 0 Å². The van der Waals surface area contributed by atoms with Crippen molar-refractivity contribution in [2.75, 3.05) is 6.54 Å². The first-order valence-corrected chi connectivity index (χ1v) is 8.31. The van der Waals surface area contributed by atoms with E-state index in [0.717, 1.165) is 31.0 Å². The van der Waals surface area contributed by atoms with Crippen molar-refractivity contribution in [3.63, 3.8) is 0 Å². The number of unbranched alkanes of at least 4 members (excludes halogenated alkanes) is 1. The van der Waals surface area contributed by atoms with Crippen molar-refractivity contribution in [1.29, 1.82) is 0 Å². The van der Waals surface area contributed by atoms with Crippen LogP contribution in [0.2, 0.25) is 0 Å². The highest BCUT2D eigenvalue weighted by atomic mass is 15.3. The molecular formula is C17H25N5. The fraction of sp³-hybridized carbons (Fsp3) is 0.588. The number of hydrogen-bond donors (Lipinski definition) is 0. The first-order valence-electron chi connectivity index (χ1n) is 8.31. The quantitative estimate of drug-likeness (QED) is 0.822. The molecule has 118 valence electrons. The third-order valence-corrected chi connectivity index (χ3v) is 4.47. The van der Waals surface area contributed by atoms with Gasteiger partial charge in [-0.15, -0.1) is 0 Å². The van der Waals surface area contributed by atoms with Crippen LogP contribution in [0.25, 0.3) is 0 Å². The molecule has 1 atom stereocenters. The summed E-state index contributed by atoms with van der Waals surface area (Å²) in [5, 5.41) is 4.65. The monoisotopic (exact) mass is 299 g/mol. The van der Waals surface area contributed by atoms with E-state index in [0.29, 0.717) is 6.04 Å². The zero-order valence-corrected chi connectivity index (χ0v) is 13.6. The summed E-state index contributed by atoms with van der Waals surface area (Å²) >= 11 is 0. The molecule has 0 amide bonds. The average Bonchev–Trinajstić information content (AvgIpc) is 3.14. The molecule has 0 spiro atoms. The van der Waals surface area contributed by atoms with Crippen molar-refractivity contribution in [1.82, 2.24) is 24.6 Å². The van der Waals surface area contributed by atoms with E-state index in [1.165, 1.54) is 31.2 Å². The van der Waals surface area contributed by atoms with Gasteiger partial charge in [-0.2, -0.15) is 5.10 Å². The van der Waals surface area contributed by atoms with Crippen molar-refractivity contribution in [2.45, 2.75) is 58.7 Å². The molecule has 1 aliphatic rings. The molecule has 5 nitrogen and oxygen atoms in total. The van der Waals surface area contributed by atoms with Gasteiger partial charge in [-0.1, -0.05) is 13.3 Å². The van der Waals surface area contributed by atoms with E-state index in [4.69, 9.17) is 0 Å². The van der Waals surface area contributed by atoms with Gasteiger partial charge in [0.25, 0.3) is 0 Å². The van der Waals surface area contributed by atoms with Gasteiger partial charge in [-0.25, -0.2) is 9.97 Å². The molecule has 1 fully saturated rings. The summed E-state index contributed by atoms with van der Waals surface area (Å²) < 4.78 is 2.10. The van der Waals surface area contributed by atoms with Crippen LogP contribution in [0, 0.1) is 6.92 Å². The van der Waals surface area contributed by atoms with Gasteiger partial charge in [0.2, 0.25) is 0 Å². The standard InChI is InChI=1S/C17H25N5/c1-3-4-10-22-12-15(14(2)20-22)11-21-9-5-6-17(21)16-7-8-18-13-19-16/h7-8,12-13,17H,3-6,9-11H2,1-2H3. The highest BCUT2D eigenvalue weighted by Gasteiger charge is 2.27. The van der Waals surface area contributed by atoms with Crippen LogP contribution in [0.4, 0.5) is 0 Å². The van der Waals surface area contributed by atoms with Crippen LogP contribution < -0.4 is 0 Å². The Hall–Kier alpha value is -1.75. The van der Waals surface area contributed by atoms with E-state index in [9.17, 15) is 0 Å². The summed E-state index contributed by atoms with van der Waals surface area (Å²) in [6.07, 6.45) is 10.5. The first-order chi connectivity index (χ1) is 10.8. The Labute approximate surface area is 132 Å². The van der Waals surface area contributed by atoms with Gasteiger partial charge < -0.3 is 0 Å². The SMILES string of the molecule is CCCCn1cc(CN2CCCC2c2ccncn2)c(C)n1. The first kappa shape index (κ1) is 15.2. The third-order valence-electron chi connectivity index (χ3n) is 4.47. The third kappa shape index (κ3) is 3.35. The van der Waals surface area contributed by atoms with Crippen LogP contribution in [-0.2, 0) is 13.1 Å². The summed E-state index contributed by atoms with van der Waals surface area (Å²) in [6.45, 7) is 7.45.